The molecule has 1 saturated heterocycles. The van der Waals surface area contributed by atoms with Crippen LogP contribution in [0.3, 0.4) is 0 Å². The molecule has 0 aliphatic carbocycles. The van der Waals surface area contributed by atoms with Gasteiger partial charge in [0.05, 0.1) is 16.6 Å². The number of anilines is 2. The minimum Gasteiger partial charge on any atom is -0.338 e. The average molecular weight is 557 g/mol. The van der Waals surface area contributed by atoms with Gasteiger partial charge in [-0.1, -0.05) is 23.3 Å². The van der Waals surface area contributed by atoms with Crippen LogP contribution in [0.1, 0.15) is 44.8 Å². The number of hydrogen-bond donors (Lipinski definition) is 3. The fourth-order valence-corrected chi connectivity index (χ4v) is 4.59. The van der Waals surface area contributed by atoms with Crippen molar-refractivity contribution < 1.29 is 22.8 Å². The van der Waals surface area contributed by atoms with Crippen LogP contribution < -0.4 is 16.0 Å². The second kappa shape index (κ2) is 12.3. The predicted octanol–water partition coefficient (Wildman–Crippen LogP) is 4.98. The number of halogens is 3. The molecule has 3 N–H and O–H groups in total. The number of carbonyl (C=O) groups excluding carboxylic acids is 2. The molecule has 2 aromatic heterocycles. The van der Waals surface area contributed by atoms with Gasteiger partial charge in [0.1, 0.15) is 5.82 Å². The maximum Gasteiger partial charge on any atom is 0.416 e. The molecule has 4 rings (SSSR count). The van der Waals surface area contributed by atoms with Gasteiger partial charge in [0, 0.05) is 23.9 Å². The van der Waals surface area contributed by atoms with Crippen LogP contribution in [-0.4, -0.2) is 53.5 Å². The summed E-state index contributed by atoms with van der Waals surface area (Å²) in [6.45, 7) is 4.50. The standard InChI is InChI=1S/C27H27F3N6O2S/c1-17-3-4-20(24(37)34-23-14-21(7-10-31-23)27(28,29)30)13-19(17)5-6-22-16-33-26(39-22)35-25(38)32-15-18-8-11-36(2)12-9-18/h3-4,7,10,13-14,16,18H,8-9,11-12,15H2,1-2H3,(H,31,34,37)(H2,32,33,35,38). The number of amides is 3. The Hall–Kier alpha value is -3.95. The number of nitrogens with zero attached hydrogens (tertiary/aromatic N) is 3. The number of thiazole rings is 1. The van der Waals surface area contributed by atoms with Crippen molar-refractivity contribution >= 4 is 34.2 Å². The summed E-state index contributed by atoms with van der Waals surface area (Å²) in [7, 11) is 2.09. The van der Waals surface area contributed by atoms with Crippen LogP contribution in [0.2, 0.25) is 0 Å². The van der Waals surface area contributed by atoms with Crippen LogP contribution >= 0.6 is 11.3 Å². The van der Waals surface area contributed by atoms with E-state index in [-0.39, 0.29) is 17.4 Å². The third-order valence-electron chi connectivity index (χ3n) is 6.26. The molecule has 3 aromatic rings. The Morgan fingerprint density at radius 1 is 1.10 bits per heavy atom. The van der Waals surface area contributed by atoms with Crippen molar-refractivity contribution in [3.63, 3.8) is 0 Å². The highest BCUT2D eigenvalue weighted by Gasteiger charge is 2.31. The van der Waals surface area contributed by atoms with E-state index in [1.54, 1.807) is 24.4 Å². The lowest BCUT2D eigenvalue weighted by Gasteiger charge is -2.28. The normalized spacial score (nSPS) is 14.3. The monoisotopic (exact) mass is 556 g/mol. The molecule has 1 aromatic carbocycles. The molecule has 1 aliphatic rings. The van der Waals surface area contributed by atoms with E-state index in [1.807, 2.05) is 6.92 Å². The van der Waals surface area contributed by atoms with E-state index in [2.05, 4.69) is 49.7 Å². The lowest BCUT2D eigenvalue weighted by Crippen LogP contribution is -2.38. The number of nitrogens with one attached hydrogen (secondary N) is 3. The van der Waals surface area contributed by atoms with E-state index in [0.717, 1.165) is 49.8 Å². The van der Waals surface area contributed by atoms with Gasteiger partial charge in [-0.05, 0) is 81.6 Å². The largest absolute Gasteiger partial charge is 0.416 e. The molecule has 1 aliphatic heterocycles. The van der Waals surface area contributed by atoms with Gasteiger partial charge in [0.25, 0.3) is 5.91 Å². The average Bonchev–Trinajstić information content (AvgIpc) is 3.34. The second-order valence-corrected chi connectivity index (χ2v) is 10.3. The number of benzene rings is 1. The first-order valence-electron chi connectivity index (χ1n) is 12.2. The number of urea groups is 1. The molecule has 12 heteroatoms. The molecule has 0 saturated carbocycles. The maximum atomic E-state index is 12.9. The van der Waals surface area contributed by atoms with Gasteiger partial charge in [-0.15, -0.1) is 0 Å². The molecule has 8 nitrogen and oxygen atoms in total. The van der Waals surface area contributed by atoms with Crippen molar-refractivity contribution in [3.8, 4) is 11.8 Å². The Bertz CT molecular complexity index is 1400. The van der Waals surface area contributed by atoms with Crippen molar-refractivity contribution in [2.75, 3.05) is 37.3 Å². The van der Waals surface area contributed by atoms with E-state index in [9.17, 15) is 22.8 Å². The maximum absolute atomic E-state index is 12.9. The van der Waals surface area contributed by atoms with Crippen LogP contribution in [0.5, 0.6) is 0 Å². The molecule has 0 unspecified atom stereocenters. The van der Waals surface area contributed by atoms with Crippen LogP contribution in [0.4, 0.5) is 28.9 Å². The Kier molecular flexibility index (Phi) is 8.83. The van der Waals surface area contributed by atoms with Crippen LogP contribution in [0.25, 0.3) is 0 Å². The van der Waals surface area contributed by atoms with Crippen LogP contribution in [0.15, 0.2) is 42.7 Å². The number of carbonyl (C=O) groups is 2. The fourth-order valence-electron chi connectivity index (χ4n) is 3.92. The zero-order valence-corrected chi connectivity index (χ0v) is 22.2. The molecule has 1 fully saturated rings. The van der Waals surface area contributed by atoms with Crippen molar-refractivity contribution in [1.82, 2.24) is 20.2 Å². The quantitative estimate of drug-likeness (QED) is 0.385. The van der Waals surface area contributed by atoms with Gasteiger partial charge in [0.15, 0.2) is 5.13 Å². The van der Waals surface area contributed by atoms with E-state index >= 15 is 0 Å². The third-order valence-corrected chi connectivity index (χ3v) is 7.09. The summed E-state index contributed by atoms with van der Waals surface area (Å²) in [6.07, 6.45) is 0.102. The van der Waals surface area contributed by atoms with Crippen molar-refractivity contribution in [1.29, 1.82) is 0 Å². The number of likely N-dealkylation sites (tertiary alicyclic amines) is 1. The van der Waals surface area contributed by atoms with Crippen molar-refractivity contribution in [3.05, 3.63) is 69.9 Å². The first-order valence-corrected chi connectivity index (χ1v) is 13.0. The number of aromatic nitrogens is 2. The topological polar surface area (TPSA) is 99.2 Å². The summed E-state index contributed by atoms with van der Waals surface area (Å²) >= 11 is 1.22. The van der Waals surface area contributed by atoms with Gasteiger partial charge < -0.3 is 15.5 Å². The number of aryl methyl sites for hydroxylation is 1. The zero-order valence-electron chi connectivity index (χ0n) is 21.4. The summed E-state index contributed by atoms with van der Waals surface area (Å²) in [6, 6.07) is 6.11. The molecule has 0 atom stereocenters. The molecule has 0 bridgehead atoms. The molecule has 0 radical (unpaired) electrons. The minimum absolute atomic E-state index is 0.205. The Balaban J connectivity index is 1.36. The van der Waals surface area contributed by atoms with Gasteiger partial charge >= 0.3 is 12.2 Å². The number of rotatable bonds is 5. The molecule has 204 valence electrons. The third kappa shape index (κ3) is 8.02. The molecule has 3 heterocycles. The number of piperidine rings is 1. The Labute approximate surface area is 228 Å². The van der Waals surface area contributed by atoms with E-state index in [4.69, 9.17) is 0 Å². The summed E-state index contributed by atoms with van der Waals surface area (Å²) in [4.78, 5) is 35.8. The second-order valence-electron chi connectivity index (χ2n) is 9.27. The predicted molar refractivity (Wildman–Crippen MR) is 144 cm³/mol. The number of hydrogen-bond acceptors (Lipinski definition) is 6. The first kappa shape index (κ1) is 28.1. The van der Waals surface area contributed by atoms with E-state index in [1.165, 1.54) is 11.3 Å². The lowest BCUT2D eigenvalue weighted by molar-refractivity contribution is -0.137. The van der Waals surface area contributed by atoms with Crippen molar-refractivity contribution in [2.45, 2.75) is 25.9 Å². The smallest absolute Gasteiger partial charge is 0.338 e. The van der Waals surface area contributed by atoms with Crippen LogP contribution in [0, 0.1) is 24.7 Å². The Morgan fingerprint density at radius 3 is 2.62 bits per heavy atom. The molecule has 39 heavy (non-hydrogen) atoms. The highest BCUT2D eigenvalue weighted by molar-refractivity contribution is 7.16. The lowest BCUT2D eigenvalue weighted by atomic mass is 9.97. The first-order chi connectivity index (χ1) is 18.6. The summed E-state index contributed by atoms with van der Waals surface area (Å²) in [5, 5.41) is 8.44. The van der Waals surface area contributed by atoms with Gasteiger partial charge in [-0.3, -0.25) is 10.1 Å². The summed E-state index contributed by atoms with van der Waals surface area (Å²) in [5.74, 6) is 5.63. The van der Waals surface area contributed by atoms with Gasteiger partial charge in [-0.2, -0.15) is 13.2 Å². The van der Waals surface area contributed by atoms with E-state index < -0.39 is 17.6 Å². The highest BCUT2D eigenvalue weighted by atomic mass is 32.1. The Morgan fingerprint density at radius 2 is 1.87 bits per heavy atom. The zero-order chi connectivity index (χ0) is 28.0. The van der Waals surface area contributed by atoms with E-state index in [0.29, 0.717) is 28.0 Å². The molecular formula is C27H27F3N6O2S. The summed E-state index contributed by atoms with van der Waals surface area (Å²) < 4.78 is 38.8. The summed E-state index contributed by atoms with van der Waals surface area (Å²) in [5.41, 5.74) is 0.694. The number of alkyl halides is 3. The number of pyridine rings is 1. The van der Waals surface area contributed by atoms with Gasteiger partial charge in [0.2, 0.25) is 0 Å². The fraction of sp³-hybridized carbons (Fsp3) is 0.333. The van der Waals surface area contributed by atoms with Crippen LogP contribution in [-0.2, 0) is 6.18 Å². The molecule has 3 amide bonds. The molecule has 0 spiro atoms. The van der Waals surface area contributed by atoms with Crippen molar-refractivity contribution in [2.24, 2.45) is 5.92 Å². The SMILES string of the molecule is Cc1ccc(C(=O)Nc2cc(C(F)(F)F)ccn2)cc1C#Cc1cnc(NC(=O)NCC2CCN(C)CC2)s1. The highest BCUT2D eigenvalue weighted by Crippen LogP contribution is 2.30. The molecular weight excluding hydrogens is 529 g/mol. The minimum atomic E-state index is -4.54. The van der Waals surface area contributed by atoms with Gasteiger partial charge in [-0.25, -0.2) is 14.8 Å².